The molecule has 19 heavy (non-hydrogen) atoms. The molecule has 2 N–H and O–H groups in total. The van der Waals surface area contributed by atoms with Crippen molar-refractivity contribution in [3.63, 3.8) is 0 Å². The Kier molecular flexibility index (Phi) is 5.87. The number of ether oxygens (including phenoxy) is 1. The van der Waals surface area contributed by atoms with E-state index in [0.717, 1.165) is 0 Å². The maximum Gasteiger partial charge on any atom is 0.371 e. The summed E-state index contributed by atoms with van der Waals surface area (Å²) in [5.41, 5.74) is 0. The summed E-state index contributed by atoms with van der Waals surface area (Å²) in [4.78, 5) is 23.7. The molecular formula is C12H18N2O5. The predicted molar refractivity (Wildman–Crippen MR) is 67.0 cm³/mol. The standard InChI is InChI=1S/C12H18N2O5/c1-3-18-7-6-14(2)12(17)13-8-9-4-5-10(19-9)11(15)16/h4-5H,3,6-8H2,1-2H3,(H,13,17)(H,15,16). The van der Waals surface area contributed by atoms with Crippen LogP contribution >= 0.6 is 0 Å². The van der Waals surface area contributed by atoms with Gasteiger partial charge in [-0.2, -0.15) is 0 Å². The molecule has 7 nitrogen and oxygen atoms in total. The van der Waals surface area contributed by atoms with Gasteiger partial charge in [-0.25, -0.2) is 9.59 Å². The van der Waals surface area contributed by atoms with Gasteiger partial charge in [0.05, 0.1) is 13.2 Å². The topological polar surface area (TPSA) is 92.0 Å². The van der Waals surface area contributed by atoms with Crippen LogP contribution in [0.3, 0.4) is 0 Å². The van der Waals surface area contributed by atoms with Gasteiger partial charge in [0.25, 0.3) is 0 Å². The molecule has 0 saturated carbocycles. The molecule has 0 aliphatic rings. The largest absolute Gasteiger partial charge is 0.475 e. The van der Waals surface area contributed by atoms with Crippen LogP contribution in [0.25, 0.3) is 0 Å². The third-order valence-corrected chi connectivity index (χ3v) is 2.41. The Morgan fingerprint density at radius 2 is 2.21 bits per heavy atom. The van der Waals surface area contributed by atoms with E-state index in [-0.39, 0.29) is 18.3 Å². The van der Waals surface area contributed by atoms with Gasteiger partial charge in [0.15, 0.2) is 0 Å². The molecule has 0 radical (unpaired) electrons. The average Bonchev–Trinajstić information content (AvgIpc) is 2.85. The van der Waals surface area contributed by atoms with Gasteiger partial charge in [0.2, 0.25) is 5.76 Å². The highest BCUT2D eigenvalue weighted by Crippen LogP contribution is 2.07. The van der Waals surface area contributed by atoms with Gasteiger partial charge in [-0.15, -0.1) is 0 Å². The zero-order valence-electron chi connectivity index (χ0n) is 11.0. The molecule has 0 spiro atoms. The maximum atomic E-state index is 11.7. The van der Waals surface area contributed by atoms with Crippen LogP contribution in [0.4, 0.5) is 4.79 Å². The number of nitrogens with zero attached hydrogens (tertiary/aromatic N) is 1. The lowest BCUT2D eigenvalue weighted by molar-refractivity contribution is 0.0660. The Bertz CT molecular complexity index is 430. The van der Waals surface area contributed by atoms with Crippen LogP contribution in [0.15, 0.2) is 16.5 Å². The number of aromatic carboxylic acids is 1. The van der Waals surface area contributed by atoms with Crippen molar-refractivity contribution in [3.8, 4) is 0 Å². The van der Waals surface area contributed by atoms with Crippen LogP contribution in [0.1, 0.15) is 23.2 Å². The average molecular weight is 270 g/mol. The Labute approximate surface area is 111 Å². The number of nitrogens with one attached hydrogen (secondary N) is 1. The Morgan fingerprint density at radius 3 is 2.79 bits per heavy atom. The van der Waals surface area contributed by atoms with Gasteiger partial charge in [0.1, 0.15) is 5.76 Å². The lowest BCUT2D eigenvalue weighted by Crippen LogP contribution is -2.38. The van der Waals surface area contributed by atoms with Gasteiger partial charge in [-0.3, -0.25) is 0 Å². The molecule has 0 unspecified atom stereocenters. The summed E-state index contributed by atoms with van der Waals surface area (Å²) in [7, 11) is 1.65. The van der Waals surface area contributed by atoms with Gasteiger partial charge in [-0.1, -0.05) is 0 Å². The summed E-state index contributed by atoms with van der Waals surface area (Å²) in [6.45, 7) is 3.60. The van der Waals surface area contributed by atoms with Crippen molar-refractivity contribution >= 4 is 12.0 Å². The number of carbonyl (C=O) groups is 2. The minimum Gasteiger partial charge on any atom is -0.475 e. The zero-order valence-corrected chi connectivity index (χ0v) is 11.0. The number of likely N-dealkylation sites (N-methyl/N-ethyl adjacent to an activating group) is 1. The molecule has 1 heterocycles. The molecule has 0 saturated heterocycles. The number of carboxylic acid groups (broad SMARTS) is 1. The molecule has 7 heteroatoms. The Hall–Kier alpha value is -2.02. The predicted octanol–water partition coefficient (Wildman–Crippen LogP) is 1.16. The molecule has 0 atom stereocenters. The van der Waals surface area contributed by atoms with Gasteiger partial charge in [0, 0.05) is 20.2 Å². The molecule has 0 fully saturated rings. The second-order valence-electron chi connectivity index (χ2n) is 3.85. The van der Waals surface area contributed by atoms with Crippen molar-refractivity contribution in [2.75, 3.05) is 26.8 Å². The van der Waals surface area contributed by atoms with E-state index in [0.29, 0.717) is 25.5 Å². The summed E-state index contributed by atoms with van der Waals surface area (Å²) in [5.74, 6) is -0.885. The highest BCUT2D eigenvalue weighted by molar-refractivity contribution is 5.84. The normalized spacial score (nSPS) is 10.2. The number of carboxylic acids is 1. The fraction of sp³-hybridized carbons (Fsp3) is 0.500. The van der Waals surface area contributed by atoms with Crippen LogP contribution in [0, 0.1) is 0 Å². The van der Waals surface area contributed by atoms with Crippen LogP contribution in [0.5, 0.6) is 0 Å². The number of hydrogen-bond donors (Lipinski definition) is 2. The number of furan rings is 1. The quantitative estimate of drug-likeness (QED) is 0.725. The number of amides is 2. The van der Waals surface area contributed by atoms with Gasteiger partial charge < -0.3 is 24.5 Å². The van der Waals surface area contributed by atoms with E-state index in [1.165, 1.54) is 17.0 Å². The molecule has 106 valence electrons. The summed E-state index contributed by atoms with van der Waals surface area (Å²) >= 11 is 0. The first-order valence-corrected chi connectivity index (χ1v) is 5.93. The molecule has 0 bridgehead atoms. The van der Waals surface area contributed by atoms with E-state index in [1.807, 2.05) is 6.92 Å². The number of hydrogen-bond acceptors (Lipinski definition) is 4. The van der Waals surface area contributed by atoms with Crippen molar-refractivity contribution < 1.29 is 23.8 Å². The smallest absolute Gasteiger partial charge is 0.371 e. The minimum absolute atomic E-state index is 0.144. The number of urea groups is 1. The number of rotatable bonds is 7. The second-order valence-corrected chi connectivity index (χ2v) is 3.85. The molecule has 0 aromatic carbocycles. The first-order chi connectivity index (χ1) is 9.04. The first-order valence-electron chi connectivity index (χ1n) is 5.93. The zero-order chi connectivity index (χ0) is 14.3. The Morgan fingerprint density at radius 1 is 1.47 bits per heavy atom. The van der Waals surface area contributed by atoms with E-state index in [1.54, 1.807) is 7.05 Å². The van der Waals surface area contributed by atoms with E-state index in [9.17, 15) is 9.59 Å². The van der Waals surface area contributed by atoms with Crippen LogP contribution in [0.2, 0.25) is 0 Å². The van der Waals surface area contributed by atoms with Crippen molar-refractivity contribution in [2.45, 2.75) is 13.5 Å². The van der Waals surface area contributed by atoms with Crippen LogP contribution < -0.4 is 5.32 Å². The van der Waals surface area contributed by atoms with Crippen molar-refractivity contribution in [1.29, 1.82) is 0 Å². The monoisotopic (exact) mass is 270 g/mol. The van der Waals surface area contributed by atoms with Crippen molar-refractivity contribution in [1.82, 2.24) is 10.2 Å². The number of carbonyl (C=O) groups excluding carboxylic acids is 1. The maximum absolute atomic E-state index is 11.7. The van der Waals surface area contributed by atoms with E-state index < -0.39 is 5.97 Å². The molecule has 1 aromatic rings. The third-order valence-electron chi connectivity index (χ3n) is 2.41. The summed E-state index contributed by atoms with van der Waals surface area (Å²) in [5, 5.41) is 11.3. The molecule has 1 aromatic heterocycles. The lowest BCUT2D eigenvalue weighted by Gasteiger charge is -2.17. The summed E-state index contributed by atoms with van der Waals surface area (Å²) in [6, 6.07) is 2.60. The molecular weight excluding hydrogens is 252 g/mol. The minimum atomic E-state index is -1.13. The van der Waals surface area contributed by atoms with E-state index in [2.05, 4.69) is 5.32 Å². The highest BCUT2D eigenvalue weighted by atomic mass is 16.5. The molecule has 0 aliphatic carbocycles. The van der Waals surface area contributed by atoms with E-state index in [4.69, 9.17) is 14.3 Å². The molecule has 2 amide bonds. The fourth-order valence-electron chi connectivity index (χ4n) is 1.33. The fourth-order valence-corrected chi connectivity index (χ4v) is 1.33. The van der Waals surface area contributed by atoms with Crippen molar-refractivity contribution in [2.24, 2.45) is 0 Å². The lowest BCUT2D eigenvalue weighted by atomic mass is 10.4. The summed E-state index contributed by atoms with van der Waals surface area (Å²) < 4.78 is 10.2. The Balaban J connectivity index is 2.34. The van der Waals surface area contributed by atoms with Gasteiger partial charge in [-0.05, 0) is 19.1 Å². The summed E-state index contributed by atoms with van der Waals surface area (Å²) in [6.07, 6.45) is 0. The van der Waals surface area contributed by atoms with Gasteiger partial charge >= 0.3 is 12.0 Å². The molecule has 1 rings (SSSR count). The van der Waals surface area contributed by atoms with Crippen LogP contribution in [-0.4, -0.2) is 48.8 Å². The van der Waals surface area contributed by atoms with Crippen molar-refractivity contribution in [3.05, 3.63) is 23.7 Å². The highest BCUT2D eigenvalue weighted by Gasteiger charge is 2.11. The first kappa shape index (κ1) is 15.0. The molecule has 0 aliphatic heterocycles. The van der Waals surface area contributed by atoms with E-state index >= 15 is 0 Å². The SMILES string of the molecule is CCOCCN(C)C(=O)NCc1ccc(C(=O)O)o1. The second kappa shape index (κ2) is 7.42. The third kappa shape index (κ3) is 5.01. The van der Waals surface area contributed by atoms with Crippen LogP contribution in [-0.2, 0) is 11.3 Å².